The Morgan fingerprint density at radius 2 is 2.22 bits per heavy atom. The van der Waals surface area contributed by atoms with Crippen LogP contribution < -0.4 is 10.1 Å². The van der Waals surface area contributed by atoms with Crippen molar-refractivity contribution in [1.82, 2.24) is 4.90 Å². The molecule has 5 nitrogen and oxygen atoms in total. The molecule has 0 radical (unpaired) electrons. The molecule has 0 bridgehead atoms. The number of carbonyl (C=O) groups is 2. The van der Waals surface area contributed by atoms with Crippen molar-refractivity contribution in [1.29, 1.82) is 0 Å². The topological polar surface area (TPSA) is 58.6 Å². The van der Waals surface area contributed by atoms with Gasteiger partial charge in [-0.05, 0) is 25.0 Å². The van der Waals surface area contributed by atoms with Gasteiger partial charge in [-0.25, -0.2) is 0 Å². The molecule has 0 aliphatic carbocycles. The lowest BCUT2D eigenvalue weighted by atomic mass is 10.1. The average molecular weight is 246 g/mol. The van der Waals surface area contributed by atoms with Gasteiger partial charge < -0.3 is 15.0 Å². The minimum atomic E-state index is -0.338. The van der Waals surface area contributed by atoms with Gasteiger partial charge in [-0.2, -0.15) is 0 Å². The molecule has 2 aliphatic heterocycles. The summed E-state index contributed by atoms with van der Waals surface area (Å²) in [6.45, 7) is 0.633. The van der Waals surface area contributed by atoms with Crippen molar-refractivity contribution in [3.05, 3.63) is 23.8 Å². The zero-order valence-corrected chi connectivity index (χ0v) is 10.1. The van der Waals surface area contributed by atoms with Crippen LogP contribution in [0.25, 0.3) is 0 Å². The van der Waals surface area contributed by atoms with Gasteiger partial charge in [-0.15, -0.1) is 0 Å². The molecule has 1 atom stereocenters. The molecule has 1 saturated heterocycles. The van der Waals surface area contributed by atoms with Crippen LogP contribution in [0.5, 0.6) is 5.75 Å². The normalized spacial score (nSPS) is 22.1. The predicted octanol–water partition coefficient (Wildman–Crippen LogP) is 1.25. The Kier molecular flexibility index (Phi) is 2.47. The fourth-order valence-electron chi connectivity index (χ4n) is 2.67. The van der Waals surface area contributed by atoms with Crippen LogP contribution in [-0.4, -0.2) is 36.4 Å². The molecule has 5 heteroatoms. The van der Waals surface area contributed by atoms with Gasteiger partial charge in [-0.1, -0.05) is 6.07 Å². The number of benzene rings is 1. The van der Waals surface area contributed by atoms with Gasteiger partial charge in [0.25, 0.3) is 5.91 Å². The number of anilines is 1. The highest BCUT2D eigenvalue weighted by molar-refractivity contribution is 6.11. The van der Waals surface area contributed by atoms with Crippen LogP contribution in [0.3, 0.4) is 0 Å². The Morgan fingerprint density at radius 3 is 3.00 bits per heavy atom. The molecular weight excluding hydrogens is 232 g/mol. The van der Waals surface area contributed by atoms with Gasteiger partial charge in [0.15, 0.2) is 0 Å². The van der Waals surface area contributed by atoms with Crippen LogP contribution in [0.4, 0.5) is 5.69 Å². The Balaban J connectivity index is 2.15. The maximum absolute atomic E-state index is 12.5. The van der Waals surface area contributed by atoms with Crippen LogP contribution in [0.2, 0.25) is 0 Å². The van der Waals surface area contributed by atoms with E-state index in [1.165, 1.54) is 7.11 Å². The highest BCUT2D eigenvalue weighted by atomic mass is 16.5. The molecule has 0 aromatic heterocycles. The van der Waals surface area contributed by atoms with Crippen LogP contribution in [0, 0.1) is 0 Å². The molecule has 94 valence electrons. The molecular formula is C13H14N2O3. The fourth-order valence-corrected chi connectivity index (χ4v) is 2.67. The highest BCUT2D eigenvalue weighted by Gasteiger charge is 2.39. The lowest BCUT2D eigenvalue weighted by Crippen LogP contribution is -2.40. The summed E-state index contributed by atoms with van der Waals surface area (Å²) < 4.78 is 5.22. The number of nitrogens with zero attached hydrogens (tertiary/aromatic N) is 1. The highest BCUT2D eigenvalue weighted by Crippen LogP contribution is 2.33. The van der Waals surface area contributed by atoms with Crippen LogP contribution in [0.15, 0.2) is 18.2 Å². The number of rotatable bonds is 1. The molecule has 2 amide bonds. The second-order valence-electron chi connectivity index (χ2n) is 4.53. The third-order valence-electron chi connectivity index (χ3n) is 3.53. The minimum absolute atomic E-state index is 0.104. The van der Waals surface area contributed by atoms with E-state index >= 15 is 0 Å². The van der Waals surface area contributed by atoms with E-state index in [-0.39, 0.29) is 17.9 Å². The first kappa shape index (κ1) is 11.1. The molecule has 1 fully saturated rings. The lowest BCUT2D eigenvalue weighted by molar-refractivity contribution is -0.119. The van der Waals surface area contributed by atoms with Crippen molar-refractivity contribution in [2.24, 2.45) is 0 Å². The number of fused-ring (bicyclic) bond motifs is 2. The summed E-state index contributed by atoms with van der Waals surface area (Å²) in [4.78, 5) is 26.2. The molecule has 2 heterocycles. The summed E-state index contributed by atoms with van der Waals surface area (Å²) in [5.74, 6) is 0.279. The zero-order valence-electron chi connectivity index (χ0n) is 10.1. The third-order valence-corrected chi connectivity index (χ3v) is 3.53. The third kappa shape index (κ3) is 1.47. The van der Waals surface area contributed by atoms with Crippen molar-refractivity contribution in [2.45, 2.75) is 18.9 Å². The zero-order chi connectivity index (χ0) is 12.7. The standard InChI is InChI=1S/C13H14N2O3/c1-18-10-6-2-4-8-11(10)13(17)15-7-3-5-9(15)12(16)14-8/h2,4,6,9H,3,5,7H2,1H3,(H,14,16)/t9-/m0/s1. The number of hydrogen-bond acceptors (Lipinski definition) is 3. The summed E-state index contributed by atoms with van der Waals surface area (Å²) in [6, 6.07) is 4.89. The molecule has 1 aromatic rings. The minimum Gasteiger partial charge on any atom is -0.496 e. The van der Waals surface area contributed by atoms with Crippen LogP contribution in [0.1, 0.15) is 23.2 Å². The van der Waals surface area contributed by atoms with Gasteiger partial charge in [0.05, 0.1) is 12.8 Å². The Morgan fingerprint density at radius 1 is 1.39 bits per heavy atom. The van der Waals surface area contributed by atoms with Crippen LogP contribution >= 0.6 is 0 Å². The smallest absolute Gasteiger partial charge is 0.260 e. The van der Waals surface area contributed by atoms with E-state index in [1.807, 2.05) is 0 Å². The van der Waals surface area contributed by atoms with Crippen molar-refractivity contribution < 1.29 is 14.3 Å². The first-order valence-corrected chi connectivity index (χ1v) is 6.01. The summed E-state index contributed by atoms with van der Waals surface area (Å²) in [5.41, 5.74) is 0.997. The quantitative estimate of drug-likeness (QED) is 0.811. The van der Waals surface area contributed by atoms with Crippen LogP contribution in [-0.2, 0) is 4.79 Å². The maximum atomic E-state index is 12.5. The Labute approximate surface area is 105 Å². The number of methoxy groups -OCH3 is 1. The van der Waals surface area contributed by atoms with Crippen molar-refractivity contribution >= 4 is 17.5 Å². The van der Waals surface area contributed by atoms with Crippen molar-refractivity contribution in [3.8, 4) is 5.75 Å². The first-order valence-electron chi connectivity index (χ1n) is 6.01. The molecule has 1 aromatic carbocycles. The number of carbonyl (C=O) groups excluding carboxylic acids is 2. The fraction of sp³-hybridized carbons (Fsp3) is 0.385. The Hall–Kier alpha value is -2.04. The van der Waals surface area contributed by atoms with Crippen molar-refractivity contribution in [3.63, 3.8) is 0 Å². The maximum Gasteiger partial charge on any atom is 0.260 e. The second-order valence-corrected chi connectivity index (χ2v) is 4.53. The van der Waals surface area contributed by atoms with Gasteiger partial charge in [-0.3, -0.25) is 9.59 Å². The molecule has 1 N–H and O–H groups in total. The van der Waals surface area contributed by atoms with Gasteiger partial charge in [0.1, 0.15) is 17.4 Å². The number of ether oxygens (including phenoxy) is 1. The van der Waals surface area contributed by atoms with E-state index in [4.69, 9.17) is 4.74 Å². The van der Waals surface area contributed by atoms with Gasteiger partial charge in [0, 0.05) is 6.54 Å². The van der Waals surface area contributed by atoms with Gasteiger partial charge in [0.2, 0.25) is 5.91 Å². The Bertz CT molecular complexity index is 527. The van der Waals surface area contributed by atoms with E-state index in [9.17, 15) is 9.59 Å². The summed E-state index contributed by atoms with van der Waals surface area (Å²) in [6.07, 6.45) is 1.60. The van der Waals surface area contributed by atoms with E-state index < -0.39 is 0 Å². The first-order chi connectivity index (χ1) is 8.72. The molecule has 3 rings (SSSR count). The summed E-state index contributed by atoms with van der Waals surface area (Å²) in [7, 11) is 1.52. The molecule has 0 unspecified atom stereocenters. The lowest BCUT2D eigenvalue weighted by Gasteiger charge is -2.20. The number of nitrogens with one attached hydrogen (secondary N) is 1. The van der Waals surface area contributed by atoms with E-state index in [1.54, 1.807) is 23.1 Å². The predicted molar refractivity (Wildman–Crippen MR) is 65.7 cm³/mol. The number of amides is 2. The molecule has 0 spiro atoms. The van der Waals surface area contributed by atoms with E-state index in [0.29, 0.717) is 23.5 Å². The summed E-state index contributed by atoms with van der Waals surface area (Å²) in [5, 5.41) is 2.82. The largest absolute Gasteiger partial charge is 0.496 e. The monoisotopic (exact) mass is 246 g/mol. The molecule has 2 aliphatic rings. The van der Waals surface area contributed by atoms with Crippen molar-refractivity contribution in [2.75, 3.05) is 19.0 Å². The number of hydrogen-bond donors (Lipinski definition) is 1. The average Bonchev–Trinajstić information content (AvgIpc) is 2.83. The SMILES string of the molecule is COc1cccc2c1C(=O)N1CCC[C@H]1C(=O)N2. The van der Waals surface area contributed by atoms with E-state index in [0.717, 1.165) is 12.8 Å². The van der Waals surface area contributed by atoms with Gasteiger partial charge >= 0.3 is 0 Å². The summed E-state index contributed by atoms with van der Waals surface area (Å²) >= 11 is 0. The second kappa shape index (κ2) is 4.01. The molecule has 0 saturated carbocycles. The molecule has 18 heavy (non-hydrogen) atoms. The van der Waals surface area contributed by atoms with E-state index in [2.05, 4.69) is 5.32 Å².